The smallest absolute Gasteiger partial charge is 0.293 e. The van der Waals surface area contributed by atoms with Gasteiger partial charge in [-0.25, -0.2) is 0 Å². The first-order valence-corrected chi connectivity index (χ1v) is 6.54. The lowest BCUT2D eigenvalue weighted by atomic mass is 10.1. The summed E-state index contributed by atoms with van der Waals surface area (Å²) in [5.41, 5.74) is 6.01. The Bertz CT molecular complexity index is 378. The molecule has 0 aliphatic carbocycles. The second-order valence-electron chi connectivity index (χ2n) is 5.58. The minimum absolute atomic E-state index is 0.318. The van der Waals surface area contributed by atoms with Crippen LogP contribution in [0.2, 0.25) is 0 Å². The lowest BCUT2D eigenvalue weighted by Crippen LogP contribution is -2.31. The van der Waals surface area contributed by atoms with Crippen molar-refractivity contribution in [3.63, 3.8) is 0 Å². The highest BCUT2D eigenvalue weighted by Gasteiger charge is 2.14. The molecule has 0 amide bonds. The summed E-state index contributed by atoms with van der Waals surface area (Å²) in [6, 6.07) is 0.496. The fourth-order valence-electron chi connectivity index (χ4n) is 1.76. The highest BCUT2D eigenvalue weighted by molar-refractivity contribution is 5.37. The molecule has 0 bridgehead atoms. The summed E-state index contributed by atoms with van der Waals surface area (Å²) in [5, 5.41) is 7.53. The SMILES string of the molecule is CC(C)(C)OC=O.Nc1cnn([C@@H]2CCCNC2)c1. The molecule has 3 N–H and O–H groups in total. The molecule has 1 aromatic heterocycles. The third-order valence-electron chi connectivity index (χ3n) is 2.67. The van der Waals surface area contributed by atoms with Gasteiger partial charge < -0.3 is 15.8 Å². The van der Waals surface area contributed by atoms with Crippen LogP contribution in [0.3, 0.4) is 0 Å². The Labute approximate surface area is 114 Å². The van der Waals surface area contributed by atoms with Crippen LogP contribution in [0.5, 0.6) is 0 Å². The van der Waals surface area contributed by atoms with Crippen molar-refractivity contribution in [3.05, 3.63) is 12.4 Å². The van der Waals surface area contributed by atoms with E-state index in [1.807, 2.05) is 31.6 Å². The maximum absolute atomic E-state index is 9.60. The van der Waals surface area contributed by atoms with Crippen LogP contribution in [0.4, 0.5) is 5.69 Å². The molecule has 0 saturated carbocycles. The van der Waals surface area contributed by atoms with E-state index in [-0.39, 0.29) is 5.60 Å². The van der Waals surface area contributed by atoms with Crippen molar-refractivity contribution in [3.8, 4) is 0 Å². The number of nitrogens with two attached hydrogens (primary N) is 1. The van der Waals surface area contributed by atoms with Crippen LogP contribution in [0.25, 0.3) is 0 Å². The number of nitrogens with one attached hydrogen (secondary N) is 1. The van der Waals surface area contributed by atoms with Crippen molar-refractivity contribution in [1.82, 2.24) is 15.1 Å². The maximum Gasteiger partial charge on any atom is 0.293 e. The molecule has 0 aromatic carbocycles. The summed E-state index contributed by atoms with van der Waals surface area (Å²) in [5.74, 6) is 0. The number of aromatic nitrogens is 2. The molecule has 6 nitrogen and oxygen atoms in total. The van der Waals surface area contributed by atoms with Crippen LogP contribution in [0, 0.1) is 0 Å². The summed E-state index contributed by atoms with van der Waals surface area (Å²) in [7, 11) is 0. The van der Waals surface area contributed by atoms with Gasteiger partial charge in [0.2, 0.25) is 0 Å². The van der Waals surface area contributed by atoms with Gasteiger partial charge >= 0.3 is 0 Å². The predicted molar refractivity (Wildman–Crippen MR) is 74.7 cm³/mol. The largest absolute Gasteiger partial charge is 0.462 e. The van der Waals surface area contributed by atoms with Crippen molar-refractivity contribution in [2.24, 2.45) is 0 Å². The van der Waals surface area contributed by atoms with E-state index in [0.29, 0.717) is 12.5 Å². The van der Waals surface area contributed by atoms with Gasteiger partial charge in [-0.1, -0.05) is 0 Å². The van der Waals surface area contributed by atoms with E-state index in [2.05, 4.69) is 15.2 Å². The van der Waals surface area contributed by atoms with Gasteiger partial charge in [-0.05, 0) is 40.2 Å². The zero-order chi connectivity index (χ0) is 14.3. The number of nitrogen functional groups attached to an aromatic ring is 1. The molecule has 2 rings (SSSR count). The van der Waals surface area contributed by atoms with Crippen LogP contribution in [-0.2, 0) is 9.53 Å². The standard InChI is InChI=1S/C8H14N4.C5H10O2/c9-7-4-11-12(6-7)8-2-1-3-10-5-8;1-5(2,3)7-4-6/h4,6,8,10H,1-3,5,9H2;4H,1-3H3/t8-;/m1./s1. The molecule has 2 heterocycles. The monoisotopic (exact) mass is 268 g/mol. The molecule has 1 saturated heterocycles. The van der Waals surface area contributed by atoms with Gasteiger partial charge in [0.15, 0.2) is 0 Å². The molecule has 6 heteroatoms. The van der Waals surface area contributed by atoms with Gasteiger partial charge in [0, 0.05) is 12.7 Å². The van der Waals surface area contributed by atoms with Gasteiger partial charge in [-0.3, -0.25) is 9.48 Å². The Morgan fingerprint density at radius 3 is 2.68 bits per heavy atom. The number of piperidine rings is 1. The van der Waals surface area contributed by atoms with Crippen molar-refractivity contribution in [1.29, 1.82) is 0 Å². The molecule has 19 heavy (non-hydrogen) atoms. The van der Waals surface area contributed by atoms with E-state index in [1.54, 1.807) is 6.20 Å². The minimum atomic E-state index is -0.318. The summed E-state index contributed by atoms with van der Waals surface area (Å²) in [4.78, 5) is 9.60. The van der Waals surface area contributed by atoms with E-state index in [0.717, 1.165) is 18.8 Å². The highest BCUT2D eigenvalue weighted by atomic mass is 16.5. The molecule has 0 spiro atoms. The Balaban J connectivity index is 0.000000224. The van der Waals surface area contributed by atoms with Gasteiger partial charge in [0.05, 0.1) is 17.9 Å². The number of hydrogen-bond donors (Lipinski definition) is 2. The second kappa shape index (κ2) is 7.13. The number of carbonyl (C=O) groups is 1. The molecular formula is C13H24N4O2. The third-order valence-corrected chi connectivity index (χ3v) is 2.67. The quantitative estimate of drug-likeness (QED) is 0.791. The Morgan fingerprint density at radius 1 is 1.58 bits per heavy atom. The first kappa shape index (κ1) is 15.5. The fraction of sp³-hybridized carbons (Fsp3) is 0.692. The molecule has 1 atom stereocenters. The van der Waals surface area contributed by atoms with E-state index >= 15 is 0 Å². The topological polar surface area (TPSA) is 82.2 Å². The molecule has 1 aliphatic heterocycles. The lowest BCUT2D eigenvalue weighted by molar-refractivity contribution is -0.138. The average Bonchev–Trinajstić information content (AvgIpc) is 2.76. The van der Waals surface area contributed by atoms with Gasteiger partial charge in [-0.2, -0.15) is 5.10 Å². The Morgan fingerprint density at radius 2 is 2.32 bits per heavy atom. The van der Waals surface area contributed by atoms with Crippen LogP contribution in [0.1, 0.15) is 39.7 Å². The Kier molecular flexibility index (Phi) is 5.82. The molecule has 1 aliphatic rings. The average molecular weight is 268 g/mol. The number of anilines is 1. The van der Waals surface area contributed by atoms with Gasteiger partial charge in [-0.15, -0.1) is 0 Å². The molecule has 0 radical (unpaired) electrons. The van der Waals surface area contributed by atoms with Gasteiger partial charge in [0.25, 0.3) is 6.47 Å². The van der Waals surface area contributed by atoms with Crippen LogP contribution in [0.15, 0.2) is 12.4 Å². The van der Waals surface area contributed by atoms with Crippen molar-refractivity contribution in [2.45, 2.75) is 45.3 Å². The van der Waals surface area contributed by atoms with E-state index < -0.39 is 0 Å². The van der Waals surface area contributed by atoms with Crippen LogP contribution in [-0.4, -0.2) is 34.9 Å². The predicted octanol–water partition coefficient (Wildman–Crippen LogP) is 1.35. The van der Waals surface area contributed by atoms with Gasteiger partial charge in [0.1, 0.15) is 5.60 Å². The zero-order valence-electron chi connectivity index (χ0n) is 11.9. The van der Waals surface area contributed by atoms with Crippen molar-refractivity contribution < 1.29 is 9.53 Å². The molecule has 1 fully saturated rings. The third kappa shape index (κ3) is 6.24. The number of hydrogen-bond acceptors (Lipinski definition) is 5. The number of carbonyl (C=O) groups excluding carboxylic acids is 1. The molecule has 0 unspecified atom stereocenters. The van der Waals surface area contributed by atoms with Crippen molar-refractivity contribution >= 4 is 12.2 Å². The minimum Gasteiger partial charge on any atom is -0.462 e. The van der Waals surface area contributed by atoms with Crippen LogP contribution < -0.4 is 11.1 Å². The number of nitrogens with zero attached hydrogens (tertiary/aromatic N) is 2. The molecular weight excluding hydrogens is 244 g/mol. The number of ether oxygens (including phenoxy) is 1. The maximum atomic E-state index is 9.60. The summed E-state index contributed by atoms with van der Waals surface area (Å²) in [6.45, 7) is 8.07. The van der Waals surface area contributed by atoms with E-state index in [1.165, 1.54) is 12.8 Å². The van der Waals surface area contributed by atoms with E-state index in [9.17, 15) is 4.79 Å². The summed E-state index contributed by atoms with van der Waals surface area (Å²) < 4.78 is 6.51. The zero-order valence-corrected chi connectivity index (χ0v) is 11.9. The first-order valence-electron chi connectivity index (χ1n) is 6.54. The normalized spacial score (nSPS) is 19.2. The molecule has 108 valence electrons. The lowest BCUT2D eigenvalue weighted by Gasteiger charge is -2.22. The summed E-state index contributed by atoms with van der Waals surface area (Å²) in [6.07, 6.45) is 6.03. The number of rotatable bonds is 2. The van der Waals surface area contributed by atoms with Crippen LogP contribution >= 0.6 is 0 Å². The molecule has 1 aromatic rings. The van der Waals surface area contributed by atoms with Crippen molar-refractivity contribution in [2.75, 3.05) is 18.8 Å². The highest BCUT2D eigenvalue weighted by Crippen LogP contribution is 2.16. The van der Waals surface area contributed by atoms with E-state index in [4.69, 9.17) is 5.73 Å². The second-order valence-corrected chi connectivity index (χ2v) is 5.58. The fourth-order valence-corrected chi connectivity index (χ4v) is 1.76. The Hall–Kier alpha value is -1.56. The summed E-state index contributed by atoms with van der Waals surface area (Å²) >= 11 is 0. The first-order chi connectivity index (χ1) is 8.92.